The number of fused-ring (bicyclic) bond motifs is 1. The molecule has 0 amide bonds. The largest absolute Gasteiger partial charge is 0.351 e. The summed E-state index contributed by atoms with van der Waals surface area (Å²) in [5, 5.41) is 0.541. The van der Waals surface area contributed by atoms with Crippen LogP contribution in [0.25, 0.3) is 0 Å². The molecule has 0 atom stereocenters. The van der Waals surface area contributed by atoms with E-state index in [1.807, 2.05) is 13.8 Å². The third kappa shape index (κ3) is 2.49. The summed E-state index contributed by atoms with van der Waals surface area (Å²) in [5.41, 5.74) is 2.14. The topological polar surface area (TPSA) is 41.9 Å². The fraction of sp³-hybridized carbons (Fsp3) is 0.417. The Bertz CT molecular complexity index is 643. The highest BCUT2D eigenvalue weighted by molar-refractivity contribution is 9.11. The molecule has 100 valence electrons. The van der Waals surface area contributed by atoms with Crippen LogP contribution in [0.15, 0.2) is 3.92 Å². The molecular formula is C12H12BrClN4S. The molecule has 1 aliphatic rings. The predicted molar refractivity (Wildman–Crippen MR) is 81.1 cm³/mol. The highest BCUT2D eigenvalue weighted by Gasteiger charge is 2.23. The SMILES string of the molecule is Cc1nc(Cl)c(C)c(N2CCc3nc(Br)sc3C2)n1. The summed E-state index contributed by atoms with van der Waals surface area (Å²) in [6.07, 6.45) is 0.942. The molecule has 0 N–H and O–H groups in total. The Kier molecular flexibility index (Phi) is 3.49. The van der Waals surface area contributed by atoms with E-state index in [0.717, 1.165) is 34.8 Å². The Morgan fingerprint density at radius 2 is 2.05 bits per heavy atom. The van der Waals surface area contributed by atoms with Crippen LogP contribution in [0, 0.1) is 13.8 Å². The van der Waals surface area contributed by atoms with Crippen LogP contribution < -0.4 is 4.90 Å². The van der Waals surface area contributed by atoms with Crippen LogP contribution >= 0.6 is 38.9 Å². The molecule has 3 rings (SSSR count). The number of aryl methyl sites for hydroxylation is 1. The second kappa shape index (κ2) is 5.00. The fourth-order valence-corrected chi connectivity index (χ4v) is 4.09. The van der Waals surface area contributed by atoms with Crippen LogP contribution in [0.2, 0.25) is 5.15 Å². The van der Waals surface area contributed by atoms with Gasteiger partial charge in [0.2, 0.25) is 0 Å². The summed E-state index contributed by atoms with van der Waals surface area (Å²) >= 11 is 11.3. The molecule has 19 heavy (non-hydrogen) atoms. The first-order valence-corrected chi connectivity index (χ1v) is 7.93. The van der Waals surface area contributed by atoms with Gasteiger partial charge in [0.15, 0.2) is 3.92 Å². The van der Waals surface area contributed by atoms with E-state index < -0.39 is 0 Å². The Hall–Kier alpha value is -0.720. The van der Waals surface area contributed by atoms with Crippen LogP contribution in [0.1, 0.15) is 22.0 Å². The highest BCUT2D eigenvalue weighted by atomic mass is 79.9. The van der Waals surface area contributed by atoms with Crippen LogP contribution in [0.4, 0.5) is 5.82 Å². The van der Waals surface area contributed by atoms with E-state index in [2.05, 4.69) is 35.8 Å². The van der Waals surface area contributed by atoms with Crippen LogP contribution in [0.5, 0.6) is 0 Å². The van der Waals surface area contributed by atoms with Gasteiger partial charge in [-0.3, -0.25) is 0 Å². The Morgan fingerprint density at radius 3 is 2.84 bits per heavy atom. The zero-order chi connectivity index (χ0) is 13.6. The molecule has 2 aromatic rings. The van der Waals surface area contributed by atoms with E-state index >= 15 is 0 Å². The highest BCUT2D eigenvalue weighted by Crippen LogP contribution is 2.32. The van der Waals surface area contributed by atoms with Gasteiger partial charge in [0.25, 0.3) is 0 Å². The first kappa shape index (κ1) is 13.3. The molecule has 0 saturated carbocycles. The average molecular weight is 360 g/mol. The summed E-state index contributed by atoms with van der Waals surface area (Å²) in [6, 6.07) is 0. The van der Waals surface area contributed by atoms with Crippen LogP contribution in [0.3, 0.4) is 0 Å². The van der Waals surface area contributed by atoms with Crippen molar-refractivity contribution < 1.29 is 0 Å². The van der Waals surface area contributed by atoms with E-state index in [4.69, 9.17) is 11.6 Å². The monoisotopic (exact) mass is 358 g/mol. The van der Waals surface area contributed by atoms with E-state index in [1.165, 1.54) is 10.6 Å². The average Bonchev–Trinajstić information content (AvgIpc) is 2.72. The molecule has 0 aromatic carbocycles. The van der Waals surface area contributed by atoms with Gasteiger partial charge >= 0.3 is 0 Å². The number of nitrogens with zero attached hydrogens (tertiary/aromatic N) is 4. The van der Waals surface area contributed by atoms with E-state index in [0.29, 0.717) is 11.0 Å². The molecule has 2 aromatic heterocycles. The quantitative estimate of drug-likeness (QED) is 0.731. The first-order chi connectivity index (χ1) is 9.04. The number of hydrogen-bond donors (Lipinski definition) is 0. The van der Waals surface area contributed by atoms with E-state index in [-0.39, 0.29) is 0 Å². The van der Waals surface area contributed by atoms with Gasteiger partial charge < -0.3 is 4.90 Å². The summed E-state index contributed by atoms with van der Waals surface area (Å²) in [4.78, 5) is 16.8. The number of thiazole rings is 1. The summed E-state index contributed by atoms with van der Waals surface area (Å²) < 4.78 is 0.952. The van der Waals surface area contributed by atoms with Gasteiger partial charge in [-0.1, -0.05) is 11.6 Å². The van der Waals surface area contributed by atoms with Crippen molar-refractivity contribution in [2.24, 2.45) is 0 Å². The maximum absolute atomic E-state index is 6.15. The second-order valence-corrected chi connectivity index (χ2v) is 7.24. The molecule has 0 aliphatic carbocycles. The Morgan fingerprint density at radius 1 is 1.26 bits per heavy atom. The maximum Gasteiger partial charge on any atom is 0.159 e. The van der Waals surface area contributed by atoms with Crippen molar-refractivity contribution in [3.63, 3.8) is 0 Å². The van der Waals surface area contributed by atoms with Gasteiger partial charge in [0.05, 0.1) is 12.2 Å². The third-order valence-corrected chi connectivity index (χ3v) is 5.08. The van der Waals surface area contributed by atoms with Gasteiger partial charge in [0, 0.05) is 23.4 Å². The molecule has 7 heteroatoms. The Labute approximate surface area is 129 Å². The second-order valence-electron chi connectivity index (χ2n) is 4.52. The lowest BCUT2D eigenvalue weighted by molar-refractivity contribution is 0.711. The Balaban J connectivity index is 1.97. The lowest BCUT2D eigenvalue weighted by Crippen LogP contribution is -2.31. The number of anilines is 1. The number of hydrogen-bond acceptors (Lipinski definition) is 5. The molecule has 1 aliphatic heterocycles. The molecule has 3 heterocycles. The minimum Gasteiger partial charge on any atom is -0.351 e. The molecular weight excluding hydrogens is 348 g/mol. The molecule has 4 nitrogen and oxygen atoms in total. The lowest BCUT2D eigenvalue weighted by Gasteiger charge is -2.28. The minimum atomic E-state index is 0.541. The van der Waals surface area contributed by atoms with Crippen molar-refractivity contribution in [2.45, 2.75) is 26.8 Å². The normalized spacial score (nSPS) is 14.6. The van der Waals surface area contributed by atoms with Crippen molar-refractivity contribution >= 4 is 44.7 Å². The maximum atomic E-state index is 6.15. The fourth-order valence-electron chi connectivity index (χ4n) is 2.23. The summed E-state index contributed by atoms with van der Waals surface area (Å²) in [7, 11) is 0. The van der Waals surface area contributed by atoms with Gasteiger partial charge in [-0.05, 0) is 29.8 Å². The van der Waals surface area contributed by atoms with Gasteiger partial charge in [-0.15, -0.1) is 11.3 Å². The summed E-state index contributed by atoms with van der Waals surface area (Å²) in [6.45, 7) is 5.59. The van der Waals surface area contributed by atoms with Gasteiger partial charge in [0.1, 0.15) is 16.8 Å². The minimum absolute atomic E-state index is 0.541. The third-order valence-electron chi connectivity index (χ3n) is 3.18. The van der Waals surface area contributed by atoms with E-state index in [1.54, 1.807) is 11.3 Å². The molecule has 0 fully saturated rings. The van der Waals surface area contributed by atoms with Crippen molar-refractivity contribution in [1.29, 1.82) is 0 Å². The lowest BCUT2D eigenvalue weighted by atomic mass is 10.1. The molecule has 0 radical (unpaired) electrons. The first-order valence-electron chi connectivity index (χ1n) is 5.94. The number of rotatable bonds is 1. The van der Waals surface area contributed by atoms with Crippen molar-refractivity contribution in [3.8, 4) is 0 Å². The van der Waals surface area contributed by atoms with Crippen molar-refractivity contribution in [1.82, 2.24) is 15.0 Å². The van der Waals surface area contributed by atoms with E-state index in [9.17, 15) is 0 Å². The molecule has 0 bridgehead atoms. The molecule has 0 unspecified atom stereocenters. The predicted octanol–water partition coefficient (Wildman–Crippen LogP) is 3.53. The van der Waals surface area contributed by atoms with Crippen LogP contribution in [-0.4, -0.2) is 21.5 Å². The van der Waals surface area contributed by atoms with Crippen molar-refractivity contribution in [2.75, 3.05) is 11.4 Å². The van der Waals surface area contributed by atoms with Gasteiger partial charge in [-0.25, -0.2) is 15.0 Å². The van der Waals surface area contributed by atoms with Crippen LogP contribution in [-0.2, 0) is 13.0 Å². The number of halogens is 2. The summed E-state index contributed by atoms with van der Waals surface area (Å²) in [5.74, 6) is 1.65. The number of aromatic nitrogens is 3. The zero-order valence-corrected chi connectivity index (χ0v) is 13.7. The molecule has 0 saturated heterocycles. The smallest absolute Gasteiger partial charge is 0.159 e. The molecule has 0 spiro atoms. The standard InChI is InChI=1S/C12H12BrClN4S/c1-6-10(14)15-7(2)16-11(6)18-4-3-8-9(5-18)19-12(13)17-8/h3-5H2,1-2H3. The van der Waals surface area contributed by atoms with Crippen molar-refractivity contribution in [3.05, 3.63) is 31.0 Å². The zero-order valence-electron chi connectivity index (χ0n) is 10.6. The van der Waals surface area contributed by atoms with Gasteiger partial charge in [-0.2, -0.15) is 0 Å².